The summed E-state index contributed by atoms with van der Waals surface area (Å²) in [5.74, 6) is 2.53. The maximum atomic E-state index is 5.47. The highest BCUT2D eigenvalue weighted by Crippen LogP contribution is 2.15. The van der Waals surface area contributed by atoms with E-state index in [0.29, 0.717) is 5.92 Å². The molecule has 2 saturated heterocycles. The fraction of sp³-hybridized carbons (Fsp3) is 0.941. The zero-order chi connectivity index (χ0) is 15.8. The molecule has 0 aromatic carbocycles. The molecule has 0 bridgehead atoms. The highest BCUT2D eigenvalue weighted by molar-refractivity contribution is 5.79. The molecular weight excluding hydrogens is 276 g/mol. The van der Waals surface area contributed by atoms with Crippen LogP contribution in [0.15, 0.2) is 4.99 Å². The molecule has 2 fully saturated rings. The van der Waals surface area contributed by atoms with E-state index >= 15 is 0 Å². The molecule has 2 heterocycles. The van der Waals surface area contributed by atoms with Crippen LogP contribution in [0.2, 0.25) is 0 Å². The van der Waals surface area contributed by atoms with Gasteiger partial charge in [-0.3, -0.25) is 4.99 Å². The monoisotopic (exact) mass is 310 g/mol. The first-order chi connectivity index (χ1) is 10.7. The second-order valence-corrected chi connectivity index (χ2v) is 6.89. The van der Waals surface area contributed by atoms with Gasteiger partial charge in [-0.25, -0.2) is 0 Å². The first-order valence-corrected chi connectivity index (χ1v) is 8.98. The molecule has 0 radical (unpaired) electrons. The molecule has 0 aromatic heterocycles. The Morgan fingerprint density at radius 3 is 2.95 bits per heavy atom. The van der Waals surface area contributed by atoms with E-state index in [2.05, 4.69) is 36.0 Å². The predicted octanol–water partition coefficient (Wildman–Crippen LogP) is 1.65. The van der Waals surface area contributed by atoms with E-state index < -0.39 is 0 Å². The van der Waals surface area contributed by atoms with Gasteiger partial charge in [0.25, 0.3) is 0 Å². The number of hydrogen-bond donors (Lipinski definition) is 1. The van der Waals surface area contributed by atoms with Crippen molar-refractivity contribution in [1.29, 1.82) is 0 Å². The van der Waals surface area contributed by atoms with Crippen molar-refractivity contribution in [1.82, 2.24) is 15.1 Å². The first-order valence-electron chi connectivity index (χ1n) is 8.98. The third-order valence-corrected chi connectivity index (χ3v) is 4.67. The summed E-state index contributed by atoms with van der Waals surface area (Å²) in [6, 6.07) is 0. The second kappa shape index (κ2) is 9.36. The predicted molar refractivity (Wildman–Crippen MR) is 92.4 cm³/mol. The van der Waals surface area contributed by atoms with E-state index in [-0.39, 0.29) is 0 Å². The summed E-state index contributed by atoms with van der Waals surface area (Å²) in [5, 5.41) is 3.42. The van der Waals surface area contributed by atoms with Gasteiger partial charge in [-0.05, 0) is 38.6 Å². The van der Waals surface area contributed by atoms with Crippen LogP contribution in [0.3, 0.4) is 0 Å². The molecule has 2 aliphatic rings. The smallest absolute Gasteiger partial charge is 0.193 e. The van der Waals surface area contributed by atoms with Crippen LogP contribution in [0.5, 0.6) is 0 Å². The van der Waals surface area contributed by atoms with E-state index in [0.717, 1.165) is 51.3 Å². The molecule has 1 N–H and O–H groups in total. The molecule has 2 unspecified atom stereocenters. The Morgan fingerprint density at radius 2 is 2.27 bits per heavy atom. The lowest BCUT2D eigenvalue weighted by Crippen LogP contribution is -2.42. The Kier molecular flexibility index (Phi) is 7.46. The third kappa shape index (κ3) is 5.76. The van der Waals surface area contributed by atoms with Crippen molar-refractivity contribution in [3.8, 4) is 0 Å². The van der Waals surface area contributed by atoms with Crippen molar-refractivity contribution in [3.63, 3.8) is 0 Å². The SMILES string of the molecule is CCNC(=NCCN1CCCC(C)C1)N(C)CC1CCOC1. The summed E-state index contributed by atoms with van der Waals surface area (Å²) in [4.78, 5) is 9.65. The summed E-state index contributed by atoms with van der Waals surface area (Å²) < 4.78 is 5.47. The number of guanidine groups is 1. The number of piperidine rings is 1. The number of likely N-dealkylation sites (tertiary alicyclic amines) is 1. The lowest BCUT2D eigenvalue weighted by atomic mass is 10.0. The fourth-order valence-corrected chi connectivity index (χ4v) is 3.46. The molecule has 0 spiro atoms. The summed E-state index contributed by atoms with van der Waals surface area (Å²) >= 11 is 0. The number of rotatable bonds is 6. The minimum atomic E-state index is 0.650. The molecule has 2 rings (SSSR count). The second-order valence-electron chi connectivity index (χ2n) is 6.89. The number of aliphatic imine (C=N–C) groups is 1. The van der Waals surface area contributed by atoms with Gasteiger partial charge in [0.1, 0.15) is 0 Å². The lowest BCUT2D eigenvalue weighted by molar-refractivity contribution is 0.181. The van der Waals surface area contributed by atoms with E-state index in [1.165, 1.54) is 32.4 Å². The number of nitrogens with one attached hydrogen (secondary N) is 1. The number of nitrogens with zero attached hydrogens (tertiary/aromatic N) is 3. The normalized spacial score (nSPS) is 27.1. The molecule has 2 atom stereocenters. The maximum absolute atomic E-state index is 5.47. The third-order valence-electron chi connectivity index (χ3n) is 4.67. The van der Waals surface area contributed by atoms with Crippen molar-refractivity contribution in [2.75, 3.05) is 59.5 Å². The molecule has 0 aromatic rings. The molecule has 128 valence electrons. The summed E-state index contributed by atoms with van der Waals surface area (Å²) in [6.45, 7) is 12.7. The highest BCUT2D eigenvalue weighted by atomic mass is 16.5. The van der Waals surface area contributed by atoms with Gasteiger partial charge in [-0.2, -0.15) is 0 Å². The Labute approximate surface area is 136 Å². The van der Waals surface area contributed by atoms with Gasteiger partial charge in [-0.15, -0.1) is 0 Å². The number of ether oxygens (including phenoxy) is 1. The van der Waals surface area contributed by atoms with Crippen LogP contribution in [0.1, 0.15) is 33.1 Å². The summed E-state index contributed by atoms with van der Waals surface area (Å²) in [5.41, 5.74) is 0. The largest absolute Gasteiger partial charge is 0.381 e. The fourth-order valence-electron chi connectivity index (χ4n) is 3.46. The van der Waals surface area contributed by atoms with Crippen LogP contribution in [0.4, 0.5) is 0 Å². The van der Waals surface area contributed by atoms with Gasteiger partial charge in [0.2, 0.25) is 0 Å². The molecule has 22 heavy (non-hydrogen) atoms. The summed E-state index contributed by atoms with van der Waals surface area (Å²) in [6.07, 6.45) is 3.90. The van der Waals surface area contributed by atoms with E-state index in [1.807, 2.05) is 0 Å². The van der Waals surface area contributed by atoms with Gasteiger partial charge in [0.15, 0.2) is 5.96 Å². The minimum Gasteiger partial charge on any atom is -0.381 e. The van der Waals surface area contributed by atoms with Crippen LogP contribution in [-0.2, 0) is 4.74 Å². The van der Waals surface area contributed by atoms with Gasteiger partial charge >= 0.3 is 0 Å². The molecule has 2 aliphatic heterocycles. The summed E-state index contributed by atoms with van der Waals surface area (Å²) in [7, 11) is 2.14. The van der Waals surface area contributed by atoms with Gasteiger partial charge < -0.3 is 19.9 Å². The van der Waals surface area contributed by atoms with Crippen molar-refractivity contribution in [2.45, 2.75) is 33.1 Å². The van der Waals surface area contributed by atoms with Gasteiger partial charge in [-0.1, -0.05) is 6.92 Å². The zero-order valence-corrected chi connectivity index (χ0v) is 14.7. The van der Waals surface area contributed by atoms with E-state index in [4.69, 9.17) is 9.73 Å². The van der Waals surface area contributed by atoms with Gasteiger partial charge in [0, 0.05) is 45.8 Å². The maximum Gasteiger partial charge on any atom is 0.193 e. The molecular formula is C17H34N4O. The molecule has 5 nitrogen and oxygen atoms in total. The van der Waals surface area contributed by atoms with Crippen molar-refractivity contribution in [3.05, 3.63) is 0 Å². The zero-order valence-electron chi connectivity index (χ0n) is 14.7. The molecule has 0 amide bonds. The standard InChI is InChI=1S/C17H34N4O/c1-4-18-17(20(3)13-16-7-11-22-14-16)19-8-10-21-9-5-6-15(2)12-21/h15-16H,4-14H2,1-3H3,(H,18,19). The van der Waals surface area contributed by atoms with Crippen LogP contribution >= 0.6 is 0 Å². The molecule has 5 heteroatoms. The number of hydrogen-bond acceptors (Lipinski definition) is 3. The highest BCUT2D eigenvalue weighted by Gasteiger charge is 2.19. The average Bonchev–Trinajstić information content (AvgIpc) is 2.99. The van der Waals surface area contributed by atoms with Crippen LogP contribution in [0, 0.1) is 11.8 Å². The van der Waals surface area contributed by atoms with E-state index in [1.54, 1.807) is 0 Å². The Hall–Kier alpha value is -0.810. The lowest BCUT2D eigenvalue weighted by Gasteiger charge is -2.30. The average molecular weight is 310 g/mol. The minimum absolute atomic E-state index is 0.650. The Balaban J connectivity index is 1.77. The Morgan fingerprint density at radius 1 is 1.41 bits per heavy atom. The topological polar surface area (TPSA) is 40.1 Å². The van der Waals surface area contributed by atoms with E-state index in [9.17, 15) is 0 Å². The Bertz CT molecular complexity index is 342. The molecule has 0 aliphatic carbocycles. The molecule has 0 saturated carbocycles. The van der Waals surface area contributed by atoms with Crippen LogP contribution in [-0.4, -0.2) is 75.3 Å². The quantitative estimate of drug-likeness (QED) is 0.598. The van der Waals surface area contributed by atoms with Crippen molar-refractivity contribution in [2.24, 2.45) is 16.8 Å². The van der Waals surface area contributed by atoms with Gasteiger partial charge in [0.05, 0.1) is 13.2 Å². The first kappa shape index (κ1) is 17.5. The van der Waals surface area contributed by atoms with Crippen LogP contribution < -0.4 is 5.32 Å². The van der Waals surface area contributed by atoms with Crippen molar-refractivity contribution < 1.29 is 4.74 Å². The van der Waals surface area contributed by atoms with Crippen molar-refractivity contribution >= 4 is 5.96 Å². The van der Waals surface area contributed by atoms with Crippen LogP contribution in [0.25, 0.3) is 0 Å².